The van der Waals surface area contributed by atoms with Gasteiger partial charge >= 0.3 is 0 Å². The summed E-state index contributed by atoms with van der Waals surface area (Å²) in [5.74, 6) is 0. The Bertz CT molecular complexity index is 588. The van der Waals surface area contributed by atoms with Gasteiger partial charge in [-0.1, -0.05) is 18.5 Å². The second kappa shape index (κ2) is 5.85. The average Bonchev–Trinajstić information content (AvgIpc) is 2.36. The first-order valence-corrected chi connectivity index (χ1v) is 7.45. The van der Waals surface area contributed by atoms with Crippen LogP contribution in [0.4, 0.5) is 5.69 Å². The van der Waals surface area contributed by atoms with Crippen molar-refractivity contribution in [2.24, 2.45) is 0 Å². The van der Waals surface area contributed by atoms with Crippen LogP contribution in [0.3, 0.4) is 0 Å². The first kappa shape index (κ1) is 15.9. The smallest absolute Gasteiger partial charge is 0.258 e. The third-order valence-electron chi connectivity index (χ3n) is 2.99. The van der Waals surface area contributed by atoms with Gasteiger partial charge in [0, 0.05) is 25.2 Å². The molecule has 0 saturated heterocycles. The normalized spacial score (nSPS) is 13.5. The lowest BCUT2D eigenvalue weighted by Crippen LogP contribution is -2.34. The van der Waals surface area contributed by atoms with Crippen molar-refractivity contribution in [1.29, 1.82) is 0 Å². The Morgan fingerprint density at radius 3 is 2.53 bits per heavy atom. The first-order chi connectivity index (χ1) is 8.71. The third kappa shape index (κ3) is 3.23. The SMILES string of the molecule is CCC(C)N(C)S(=O)(=O)c1cc([N+](=O)[O-])ccc1Cl. The van der Waals surface area contributed by atoms with E-state index in [4.69, 9.17) is 11.6 Å². The second-order valence-corrected chi connectivity index (χ2v) is 6.52. The van der Waals surface area contributed by atoms with Gasteiger partial charge in [0.2, 0.25) is 10.0 Å². The molecule has 0 fully saturated rings. The molecule has 0 aliphatic carbocycles. The van der Waals surface area contributed by atoms with Crippen LogP contribution in [-0.4, -0.2) is 30.7 Å². The lowest BCUT2D eigenvalue weighted by atomic mass is 10.3. The summed E-state index contributed by atoms with van der Waals surface area (Å²) in [4.78, 5) is 9.81. The van der Waals surface area contributed by atoms with Gasteiger partial charge in [-0.2, -0.15) is 4.31 Å². The van der Waals surface area contributed by atoms with Crippen molar-refractivity contribution < 1.29 is 13.3 Å². The number of nitrogens with zero attached hydrogens (tertiary/aromatic N) is 2. The van der Waals surface area contributed by atoms with Crippen LogP contribution in [0.15, 0.2) is 23.1 Å². The van der Waals surface area contributed by atoms with E-state index in [2.05, 4.69) is 0 Å². The summed E-state index contributed by atoms with van der Waals surface area (Å²) >= 11 is 5.85. The summed E-state index contributed by atoms with van der Waals surface area (Å²) in [5.41, 5.74) is -0.305. The maximum Gasteiger partial charge on any atom is 0.270 e. The fourth-order valence-corrected chi connectivity index (χ4v) is 3.38. The highest BCUT2D eigenvalue weighted by atomic mass is 35.5. The van der Waals surface area contributed by atoms with E-state index in [0.29, 0.717) is 6.42 Å². The van der Waals surface area contributed by atoms with Crippen LogP contribution in [-0.2, 0) is 10.0 Å². The summed E-state index contributed by atoms with van der Waals surface area (Å²) in [6.07, 6.45) is 0.627. The molecule has 1 rings (SSSR count). The topological polar surface area (TPSA) is 80.5 Å². The van der Waals surface area contributed by atoms with Crippen LogP contribution in [0.25, 0.3) is 0 Å². The molecule has 1 aromatic rings. The van der Waals surface area contributed by atoms with E-state index in [1.54, 1.807) is 6.92 Å². The first-order valence-electron chi connectivity index (χ1n) is 5.63. The molecule has 0 aliphatic rings. The minimum absolute atomic E-state index is 0.0271. The number of rotatable bonds is 5. The van der Waals surface area contributed by atoms with Crippen molar-refractivity contribution in [3.8, 4) is 0 Å². The number of sulfonamides is 1. The zero-order valence-electron chi connectivity index (χ0n) is 10.8. The lowest BCUT2D eigenvalue weighted by molar-refractivity contribution is -0.385. The molecule has 0 heterocycles. The predicted molar refractivity (Wildman–Crippen MR) is 72.8 cm³/mol. The fraction of sp³-hybridized carbons (Fsp3) is 0.455. The number of nitro groups is 1. The zero-order chi connectivity index (χ0) is 14.8. The summed E-state index contributed by atoms with van der Waals surface area (Å²) in [6.45, 7) is 3.61. The summed E-state index contributed by atoms with van der Waals surface area (Å²) in [6, 6.07) is 3.15. The van der Waals surface area contributed by atoms with Crippen molar-refractivity contribution >= 4 is 27.3 Å². The quantitative estimate of drug-likeness (QED) is 0.618. The maximum atomic E-state index is 12.3. The van der Waals surface area contributed by atoms with Crippen molar-refractivity contribution in [3.05, 3.63) is 33.3 Å². The summed E-state index contributed by atoms with van der Waals surface area (Å²) < 4.78 is 25.9. The minimum atomic E-state index is -3.84. The summed E-state index contributed by atoms with van der Waals surface area (Å²) in [7, 11) is -2.41. The molecule has 8 heteroatoms. The van der Waals surface area contributed by atoms with E-state index in [9.17, 15) is 18.5 Å². The highest BCUT2D eigenvalue weighted by Crippen LogP contribution is 2.29. The van der Waals surface area contributed by atoms with Gasteiger partial charge in [-0.05, 0) is 19.4 Å². The Balaban J connectivity index is 3.36. The number of hydrogen-bond acceptors (Lipinski definition) is 4. The molecule has 1 atom stereocenters. The Labute approximate surface area is 117 Å². The van der Waals surface area contributed by atoms with Gasteiger partial charge < -0.3 is 0 Å². The van der Waals surface area contributed by atoms with Crippen molar-refractivity contribution in [2.75, 3.05) is 7.05 Å². The van der Waals surface area contributed by atoms with Gasteiger partial charge in [0.15, 0.2) is 0 Å². The molecule has 19 heavy (non-hydrogen) atoms. The second-order valence-electron chi connectivity index (χ2n) is 4.15. The largest absolute Gasteiger partial charge is 0.270 e. The molecule has 6 nitrogen and oxygen atoms in total. The molecule has 1 unspecified atom stereocenters. The van der Waals surface area contributed by atoms with Crippen LogP contribution >= 0.6 is 11.6 Å². The van der Waals surface area contributed by atoms with Gasteiger partial charge in [0.05, 0.1) is 9.95 Å². The van der Waals surface area contributed by atoms with E-state index in [0.717, 1.165) is 10.4 Å². The number of non-ortho nitro benzene ring substituents is 1. The zero-order valence-corrected chi connectivity index (χ0v) is 12.4. The highest BCUT2D eigenvalue weighted by Gasteiger charge is 2.28. The third-order valence-corrected chi connectivity index (χ3v) is 5.45. The van der Waals surface area contributed by atoms with Gasteiger partial charge in [-0.15, -0.1) is 0 Å². The molecule has 0 saturated carbocycles. The molecule has 0 N–H and O–H groups in total. The van der Waals surface area contributed by atoms with E-state index < -0.39 is 14.9 Å². The van der Waals surface area contributed by atoms with E-state index >= 15 is 0 Å². The van der Waals surface area contributed by atoms with Crippen molar-refractivity contribution in [1.82, 2.24) is 4.31 Å². The number of hydrogen-bond donors (Lipinski definition) is 0. The van der Waals surface area contributed by atoms with Crippen molar-refractivity contribution in [2.45, 2.75) is 31.2 Å². The van der Waals surface area contributed by atoms with Gasteiger partial charge in [0.1, 0.15) is 4.90 Å². The van der Waals surface area contributed by atoms with Crippen molar-refractivity contribution in [3.63, 3.8) is 0 Å². The molecule has 0 aliphatic heterocycles. The monoisotopic (exact) mass is 306 g/mol. The number of nitro benzene ring substituents is 1. The van der Waals surface area contributed by atoms with Gasteiger partial charge in [-0.3, -0.25) is 10.1 Å². The fourth-order valence-electron chi connectivity index (χ4n) is 1.45. The number of halogens is 1. The molecule has 0 radical (unpaired) electrons. The minimum Gasteiger partial charge on any atom is -0.258 e. The highest BCUT2D eigenvalue weighted by molar-refractivity contribution is 7.89. The molecule has 0 spiro atoms. The lowest BCUT2D eigenvalue weighted by Gasteiger charge is -2.23. The Hall–Kier alpha value is -1.18. The van der Waals surface area contributed by atoms with Crippen LogP contribution in [0.2, 0.25) is 5.02 Å². The van der Waals surface area contributed by atoms with Crippen LogP contribution in [0.5, 0.6) is 0 Å². The molecule has 0 bridgehead atoms. The molecule has 0 aromatic heterocycles. The average molecular weight is 307 g/mol. The maximum absolute atomic E-state index is 12.3. The van der Waals surface area contributed by atoms with Gasteiger partial charge in [-0.25, -0.2) is 8.42 Å². The Morgan fingerprint density at radius 1 is 1.47 bits per heavy atom. The Kier molecular flexibility index (Phi) is 4.89. The van der Waals surface area contributed by atoms with Gasteiger partial charge in [0.25, 0.3) is 5.69 Å². The standard InChI is InChI=1S/C11H15ClN2O4S/c1-4-8(2)13(3)19(17,18)11-7-9(14(15)16)5-6-10(11)12/h5-8H,4H2,1-3H3. The van der Waals surface area contributed by atoms with Crippen LogP contribution in [0, 0.1) is 10.1 Å². The molecular formula is C11H15ClN2O4S. The predicted octanol–water partition coefficient (Wildman–Crippen LogP) is 2.67. The van der Waals surface area contributed by atoms with E-state index in [-0.39, 0.29) is 21.6 Å². The van der Waals surface area contributed by atoms with E-state index in [1.165, 1.54) is 19.2 Å². The molecular weight excluding hydrogens is 292 g/mol. The van der Waals surface area contributed by atoms with Crippen LogP contribution < -0.4 is 0 Å². The number of benzene rings is 1. The van der Waals surface area contributed by atoms with Crippen LogP contribution in [0.1, 0.15) is 20.3 Å². The van der Waals surface area contributed by atoms with E-state index in [1.807, 2.05) is 6.92 Å². The molecule has 106 valence electrons. The Morgan fingerprint density at radius 2 is 2.05 bits per heavy atom. The molecule has 1 aromatic carbocycles. The molecule has 0 amide bonds. The summed E-state index contributed by atoms with van der Waals surface area (Å²) in [5, 5.41) is 10.7.